The predicted molar refractivity (Wildman–Crippen MR) is 28.1 cm³/mol. The van der Waals surface area contributed by atoms with E-state index >= 15 is 0 Å². The van der Waals surface area contributed by atoms with Gasteiger partial charge in [-0.2, -0.15) is 0 Å². The first-order chi connectivity index (χ1) is 2.27. The van der Waals surface area contributed by atoms with Crippen molar-refractivity contribution in [2.45, 2.75) is 5.76 Å². The van der Waals surface area contributed by atoms with Crippen LogP contribution in [0.5, 0.6) is 0 Å². The molecule has 0 aliphatic heterocycles. The van der Waals surface area contributed by atoms with E-state index in [2.05, 4.69) is 23.7 Å². The Labute approximate surface area is 40.0 Å². The van der Waals surface area contributed by atoms with Gasteiger partial charge in [0.25, 0.3) is 0 Å². The van der Waals surface area contributed by atoms with E-state index in [0.717, 1.165) is 0 Å². The first-order valence-corrected chi connectivity index (χ1v) is 6.21. The Morgan fingerprint density at radius 2 is 1.60 bits per heavy atom. The van der Waals surface area contributed by atoms with Crippen molar-refractivity contribution >= 4 is 15.7 Å². The fourth-order valence-electron chi connectivity index (χ4n) is 0. The third-order valence-electron chi connectivity index (χ3n) is 0.632. The van der Waals surface area contributed by atoms with Crippen LogP contribution in [-0.4, -0.2) is 33.6 Å². The molecule has 0 aliphatic rings. The summed E-state index contributed by atoms with van der Waals surface area (Å²) in [6.45, 7) is 0. The van der Waals surface area contributed by atoms with Gasteiger partial charge < -0.3 is 0 Å². The van der Waals surface area contributed by atoms with E-state index in [0.29, 0.717) is 0 Å². The Hall–Kier alpha value is 0.503. The van der Waals surface area contributed by atoms with Gasteiger partial charge in [-0.05, 0) is 0 Å². The van der Waals surface area contributed by atoms with Crippen molar-refractivity contribution < 1.29 is 0 Å². The van der Waals surface area contributed by atoms with Gasteiger partial charge in [-0.3, -0.25) is 0 Å². The molecule has 0 fully saturated rings. The fraction of sp³-hybridized carbons (Fsp3) is 1.00. The molecule has 0 radical (unpaired) electrons. The first-order valence-electron chi connectivity index (χ1n) is 1.92. The molecule has 1 nitrogen and oxygen atoms in total. The Bertz CT molecular complexity index is 20.9. The first kappa shape index (κ1) is 5.50. The molecular formula is C3H11GeN. The van der Waals surface area contributed by atoms with E-state index in [4.69, 9.17) is 0 Å². The standard InChI is InChI=1S/C3H11GeN/c1-4-5(2)3/h4H2,1-3H3. The van der Waals surface area contributed by atoms with Crippen LogP contribution in [0.4, 0.5) is 0 Å². The van der Waals surface area contributed by atoms with E-state index in [1.54, 1.807) is 0 Å². The van der Waals surface area contributed by atoms with Crippen molar-refractivity contribution in [2.24, 2.45) is 0 Å². The van der Waals surface area contributed by atoms with Crippen molar-refractivity contribution in [3.63, 3.8) is 0 Å². The van der Waals surface area contributed by atoms with Crippen molar-refractivity contribution in [1.29, 1.82) is 0 Å². The molecule has 5 heavy (non-hydrogen) atoms. The Kier molecular flexibility index (Phi) is 3.00. The van der Waals surface area contributed by atoms with Crippen LogP contribution in [0.25, 0.3) is 0 Å². The summed E-state index contributed by atoms with van der Waals surface area (Å²) in [5, 5.41) is 0. The molecule has 32 valence electrons. The number of hydrogen-bond donors (Lipinski definition) is 0. The van der Waals surface area contributed by atoms with E-state index in [1.807, 2.05) is 0 Å². The molecule has 0 heterocycles. The summed E-state index contributed by atoms with van der Waals surface area (Å²) in [4.78, 5) is 0. The third kappa shape index (κ3) is 4.50. The molecule has 0 unspecified atom stereocenters. The van der Waals surface area contributed by atoms with Crippen molar-refractivity contribution in [3.05, 3.63) is 0 Å². The summed E-state index contributed by atoms with van der Waals surface area (Å²) in [5.74, 6) is 2.31. The Morgan fingerprint density at radius 1 is 1.40 bits per heavy atom. The predicted octanol–water partition coefficient (Wildman–Crippen LogP) is -0.320. The average molecular weight is 134 g/mol. The Morgan fingerprint density at radius 3 is 1.60 bits per heavy atom. The minimum absolute atomic E-state index is 0.153. The van der Waals surface area contributed by atoms with Gasteiger partial charge in [0.1, 0.15) is 0 Å². The molecule has 0 bridgehead atoms. The van der Waals surface area contributed by atoms with Crippen LogP contribution in [0.3, 0.4) is 0 Å². The van der Waals surface area contributed by atoms with Crippen LogP contribution >= 0.6 is 0 Å². The van der Waals surface area contributed by atoms with Gasteiger partial charge in [-0.15, -0.1) is 0 Å². The second kappa shape index (κ2) is 2.72. The van der Waals surface area contributed by atoms with Crippen molar-refractivity contribution in [3.8, 4) is 0 Å². The van der Waals surface area contributed by atoms with E-state index in [1.165, 1.54) is 0 Å². The molecule has 0 N–H and O–H groups in total. The molecule has 0 aromatic rings. The van der Waals surface area contributed by atoms with Gasteiger partial charge in [0.05, 0.1) is 0 Å². The molecule has 0 atom stereocenters. The van der Waals surface area contributed by atoms with Gasteiger partial charge in [-0.1, -0.05) is 0 Å². The quantitative estimate of drug-likeness (QED) is 0.444. The summed E-state index contributed by atoms with van der Waals surface area (Å²) >= 11 is -0.153. The van der Waals surface area contributed by atoms with Gasteiger partial charge in [-0.25, -0.2) is 0 Å². The molecule has 0 aromatic heterocycles. The molecule has 0 spiro atoms. The van der Waals surface area contributed by atoms with E-state index in [-0.39, 0.29) is 15.7 Å². The topological polar surface area (TPSA) is 3.24 Å². The summed E-state index contributed by atoms with van der Waals surface area (Å²) in [5.41, 5.74) is 0. The SMILES string of the molecule is [CH3][GeH2][N](C)C. The van der Waals surface area contributed by atoms with Crippen LogP contribution in [-0.2, 0) is 0 Å². The zero-order valence-corrected chi connectivity index (χ0v) is 7.12. The zero-order valence-electron chi connectivity index (χ0n) is 4.15. The molecule has 0 aliphatic carbocycles. The van der Waals surface area contributed by atoms with Crippen LogP contribution in [0.15, 0.2) is 0 Å². The van der Waals surface area contributed by atoms with E-state index in [9.17, 15) is 0 Å². The minimum atomic E-state index is -0.153. The van der Waals surface area contributed by atoms with Gasteiger partial charge in [0.15, 0.2) is 0 Å². The maximum absolute atomic E-state index is 2.31. The van der Waals surface area contributed by atoms with Crippen LogP contribution in [0.2, 0.25) is 5.76 Å². The van der Waals surface area contributed by atoms with Gasteiger partial charge in [0, 0.05) is 0 Å². The average Bonchev–Trinajstić information content (AvgIpc) is 1.38. The second-order valence-electron chi connectivity index (χ2n) is 1.40. The molecule has 0 saturated heterocycles. The van der Waals surface area contributed by atoms with Crippen LogP contribution < -0.4 is 0 Å². The van der Waals surface area contributed by atoms with Crippen LogP contribution in [0, 0.1) is 0 Å². The van der Waals surface area contributed by atoms with Crippen molar-refractivity contribution in [1.82, 2.24) is 3.86 Å². The number of nitrogens with zero attached hydrogens (tertiary/aromatic N) is 1. The number of hydrogen-bond acceptors (Lipinski definition) is 1. The molecule has 0 saturated carbocycles. The maximum atomic E-state index is 2.31. The summed E-state index contributed by atoms with van der Waals surface area (Å²) < 4.78 is 2.31. The fourth-order valence-corrected chi connectivity index (χ4v) is 0. The summed E-state index contributed by atoms with van der Waals surface area (Å²) in [6.07, 6.45) is 0. The number of rotatable bonds is 1. The molecular weight excluding hydrogens is 123 g/mol. The molecule has 0 aromatic carbocycles. The normalized spacial score (nSPS) is 12.0. The second-order valence-corrected chi connectivity index (χ2v) is 5.38. The van der Waals surface area contributed by atoms with Crippen LogP contribution in [0.1, 0.15) is 0 Å². The summed E-state index contributed by atoms with van der Waals surface area (Å²) in [6, 6.07) is 0. The third-order valence-corrected chi connectivity index (χ3v) is 3.29. The van der Waals surface area contributed by atoms with Gasteiger partial charge in [0.2, 0.25) is 0 Å². The monoisotopic (exact) mass is 135 g/mol. The molecule has 2 heteroatoms. The van der Waals surface area contributed by atoms with Gasteiger partial charge >= 0.3 is 39.4 Å². The molecule has 0 amide bonds. The zero-order chi connectivity index (χ0) is 4.28. The van der Waals surface area contributed by atoms with E-state index < -0.39 is 0 Å². The Balaban J connectivity index is 2.54. The molecule has 0 rings (SSSR count). The van der Waals surface area contributed by atoms with Crippen molar-refractivity contribution in [2.75, 3.05) is 14.1 Å². The summed E-state index contributed by atoms with van der Waals surface area (Å²) in [7, 11) is 4.28.